The molecule has 36 heavy (non-hydrogen) atoms. The lowest BCUT2D eigenvalue weighted by molar-refractivity contribution is 0.181. The number of thioether (sulfide) groups is 1. The van der Waals surface area contributed by atoms with Gasteiger partial charge in [-0.25, -0.2) is 19.1 Å². The summed E-state index contributed by atoms with van der Waals surface area (Å²) in [5.41, 5.74) is 6.37. The van der Waals surface area contributed by atoms with E-state index in [9.17, 15) is 9.59 Å². The number of fused-ring (bicyclic) bond motifs is 1. The minimum Gasteiger partial charge on any atom is -0.456 e. The third-order valence-electron chi connectivity index (χ3n) is 5.95. The third kappa shape index (κ3) is 5.84. The van der Waals surface area contributed by atoms with Gasteiger partial charge in [0.15, 0.2) is 5.16 Å². The quantitative estimate of drug-likeness (QED) is 0.120. The first-order valence-electron chi connectivity index (χ1n) is 11.2. The molecule has 2 aromatic carbocycles. The highest BCUT2D eigenvalue weighted by Crippen LogP contribution is 2.31. The summed E-state index contributed by atoms with van der Waals surface area (Å²) in [7, 11) is 0. The van der Waals surface area contributed by atoms with Gasteiger partial charge in [-0.1, -0.05) is 41.6 Å². The van der Waals surface area contributed by atoms with Crippen LogP contribution in [0.2, 0.25) is 5.02 Å². The number of para-hydroxylation sites is 1. The van der Waals surface area contributed by atoms with Crippen LogP contribution in [0.1, 0.15) is 22.4 Å². The van der Waals surface area contributed by atoms with Crippen molar-refractivity contribution in [2.45, 2.75) is 31.7 Å². The van der Waals surface area contributed by atoms with Crippen LogP contribution in [0.4, 0.5) is 15.3 Å². The Bertz CT molecular complexity index is 1430. The van der Waals surface area contributed by atoms with E-state index >= 15 is 0 Å². The van der Waals surface area contributed by atoms with Gasteiger partial charge < -0.3 is 4.74 Å². The molecule has 0 fully saturated rings. The normalized spacial score (nSPS) is 11.0. The van der Waals surface area contributed by atoms with E-state index in [4.69, 9.17) is 21.3 Å². The number of hydrogen-bond acceptors (Lipinski definition) is 6. The molecule has 2 heterocycles. The van der Waals surface area contributed by atoms with Gasteiger partial charge in [-0.2, -0.15) is 0 Å². The van der Waals surface area contributed by atoms with Crippen LogP contribution < -0.4 is 4.90 Å². The van der Waals surface area contributed by atoms with Crippen LogP contribution in [0.3, 0.4) is 0 Å². The Morgan fingerprint density at radius 1 is 1.11 bits per heavy atom. The van der Waals surface area contributed by atoms with Crippen LogP contribution >= 0.6 is 46.0 Å². The molecule has 0 atom stereocenters. The van der Waals surface area contributed by atoms with E-state index < -0.39 is 3.98 Å². The molecule has 1 amide bonds. The van der Waals surface area contributed by atoms with Crippen LogP contribution in [0.5, 0.6) is 0 Å². The van der Waals surface area contributed by atoms with Crippen LogP contribution in [-0.4, -0.2) is 37.7 Å². The maximum absolute atomic E-state index is 14.0. The molecule has 4 rings (SSSR count). The van der Waals surface area contributed by atoms with Gasteiger partial charge in [0.05, 0.1) is 45.9 Å². The number of halogens is 2. The largest absolute Gasteiger partial charge is 0.456 e. The number of aromatic nitrogens is 3. The summed E-state index contributed by atoms with van der Waals surface area (Å²) in [5.74, 6) is 0.551. The lowest BCUT2D eigenvalue weighted by Crippen LogP contribution is -2.37. The first-order chi connectivity index (χ1) is 17.3. The second kappa shape index (κ2) is 11.6. The first-order valence-corrected chi connectivity index (χ1v) is 13.6. The number of carbonyl (C=O) groups excluding carboxylic acids is 2. The Morgan fingerprint density at radius 3 is 2.58 bits per heavy atom. The molecular formula is C26H24ClIN4O3S. The number of pyridine rings is 1. The lowest BCUT2D eigenvalue weighted by atomic mass is 10.1. The van der Waals surface area contributed by atoms with Gasteiger partial charge >= 0.3 is 10.0 Å². The highest BCUT2D eigenvalue weighted by atomic mass is 127. The second-order valence-electron chi connectivity index (χ2n) is 8.15. The maximum Gasteiger partial charge on any atom is 0.367 e. The average molecular weight is 635 g/mol. The summed E-state index contributed by atoms with van der Waals surface area (Å²) in [6.45, 7) is 6.44. The molecule has 2 aromatic heterocycles. The summed E-state index contributed by atoms with van der Waals surface area (Å²) in [6.07, 6.45) is 1.87. The lowest BCUT2D eigenvalue weighted by Gasteiger charge is -2.23. The Morgan fingerprint density at radius 2 is 1.86 bits per heavy atom. The summed E-state index contributed by atoms with van der Waals surface area (Å²) in [4.78, 5) is 36.3. The van der Waals surface area contributed by atoms with Gasteiger partial charge in [0.1, 0.15) is 6.61 Å². The summed E-state index contributed by atoms with van der Waals surface area (Å²) in [5, 5.41) is 1.07. The number of benzene rings is 2. The Balaban J connectivity index is 1.73. The van der Waals surface area contributed by atoms with Gasteiger partial charge in [0, 0.05) is 22.7 Å². The van der Waals surface area contributed by atoms with Crippen LogP contribution in [0.15, 0.2) is 59.9 Å². The van der Waals surface area contributed by atoms with Gasteiger partial charge in [-0.3, -0.25) is 9.88 Å². The number of amides is 1. The Labute approximate surface area is 232 Å². The Kier molecular flexibility index (Phi) is 8.53. The van der Waals surface area contributed by atoms with Crippen molar-refractivity contribution < 1.29 is 14.3 Å². The van der Waals surface area contributed by atoms with E-state index in [1.165, 1.54) is 17.3 Å². The van der Waals surface area contributed by atoms with Crippen molar-refractivity contribution >= 4 is 72.7 Å². The molecule has 7 nitrogen and oxygen atoms in total. The van der Waals surface area contributed by atoms with Crippen molar-refractivity contribution in [3.8, 4) is 0 Å². The number of ether oxygens (including phenoxy) is 1. The van der Waals surface area contributed by atoms with Crippen molar-refractivity contribution in [1.29, 1.82) is 0 Å². The summed E-state index contributed by atoms with van der Waals surface area (Å²) >= 11 is 9.25. The minimum atomic E-state index is -0.428. The molecule has 0 spiro atoms. The topological polar surface area (TPSA) is 77.3 Å². The monoisotopic (exact) mass is 634 g/mol. The van der Waals surface area contributed by atoms with E-state index in [-0.39, 0.29) is 19.2 Å². The second-order valence-corrected chi connectivity index (χ2v) is 10.4. The van der Waals surface area contributed by atoms with E-state index in [2.05, 4.69) is 18.8 Å². The van der Waals surface area contributed by atoms with E-state index in [1.807, 2.05) is 43.5 Å². The van der Waals surface area contributed by atoms with Crippen molar-refractivity contribution in [3.05, 3.63) is 82.1 Å². The molecular weight excluding hydrogens is 611 g/mol. The van der Waals surface area contributed by atoms with E-state index in [0.29, 0.717) is 32.7 Å². The maximum atomic E-state index is 14.0. The molecule has 0 N–H and O–H groups in total. The predicted octanol–water partition coefficient (Wildman–Crippen LogP) is 7.35. The minimum absolute atomic E-state index is 0.0646. The fraction of sp³-hybridized carbons (Fsp3) is 0.231. The average Bonchev–Trinajstić information content (AvgIpc) is 3.22. The number of anilines is 1. The SMILES string of the molecule is Cc1cnc(CSc2nc3cc(Cl)ccc3n2C(=O)N(CCOC(=O)I)c2ccccc2)c(C)c1C. The van der Waals surface area contributed by atoms with Crippen LogP contribution in [0.25, 0.3) is 11.0 Å². The zero-order valence-corrected chi connectivity index (χ0v) is 23.7. The molecule has 0 unspecified atom stereocenters. The molecule has 0 aliphatic carbocycles. The standard InChI is InChI=1S/C26H24ClIN4O3S/c1-16-14-29-22(18(3)17(16)2)15-36-25-30-21-13-19(27)9-10-23(21)32(25)26(34)31(11-12-35-24(28)33)20-7-5-4-6-8-20/h4-10,13-14H,11-12,15H2,1-3H3. The molecule has 0 aliphatic heterocycles. The van der Waals surface area contributed by atoms with Crippen LogP contribution in [0, 0.1) is 20.8 Å². The highest BCUT2D eigenvalue weighted by Gasteiger charge is 2.24. The highest BCUT2D eigenvalue weighted by molar-refractivity contribution is 14.1. The van der Waals surface area contributed by atoms with Gasteiger partial charge in [0.25, 0.3) is 0 Å². The molecule has 0 saturated carbocycles. The van der Waals surface area contributed by atoms with E-state index in [1.54, 1.807) is 50.3 Å². The molecule has 0 radical (unpaired) electrons. The number of rotatable bonds is 7. The fourth-order valence-electron chi connectivity index (χ4n) is 3.75. The molecule has 0 saturated heterocycles. The Hall–Kier alpha value is -2.63. The molecule has 4 aromatic rings. The molecule has 0 aliphatic rings. The smallest absolute Gasteiger partial charge is 0.367 e. The zero-order valence-electron chi connectivity index (χ0n) is 20.0. The first kappa shape index (κ1) is 26.4. The van der Waals surface area contributed by atoms with E-state index in [0.717, 1.165) is 16.8 Å². The van der Waals surface area contributed by atoms with Gasteiger partial charge in [0.2, 0.25) is 0 Å². The summed E-state index contributed by atoms with van der Waals surface area (Å²) in [6, 6.07) is 14.3. The van der Waals surface area contributed by atoms with Gasteiger partial charge in [-0.15, -0.1) is 0 Å². The zero-order chi connectivity index (χ0) is 25.8. The molecule has 10 heteroatoms. The summed E-state index contributed by atoms with van der Waals surface area (Å²) < 4.78 is 6.29. The van der Waals surface area contributed by atoms with Gasteiger partial charge in [-0.05, 0) is 67.8 Å². The molecule has 186 valence electrons. The van der Waals surface area contributed by atoms with Crippen molar-refractivity contribution in [3.63, 3.8) is 0 Å². The molecule has 0 bridgehead atoms. The number of aryl methyl sites for hydroxylation is 1. The third-order valence-corrected chi connectivity index (χ3v) is 7.44. The van der Waals surface area contributed by atoms with Crippen LogP contribution in [-0.2, 0) is 10.5 Å². The number of carbonyl (C=O) groups is 2. The number of imidazole rings is 1. The number of hydrogen-bond donors (Lipinski definition) is 0. The van der Waals surface area contributed by atoms with Crippen molar-refractivity contribution in [2.75, 3.05) is 18.1 Å². The van der Waals surface area contributed by atoms with Crippen molar-refractivity contribution in [1.82, 2.24) is 14.5 Å². The fourth-order valence-corrected chi connectivity index (χ4v) is 5.16. The number of nitrogens with zero attached hydrogens (tertiary/aromatic N) is 4. The predicted molar refractivity (Wildman–Crippen MR) is 153 cm³/mol. The van der Waals surface area contributed by atoms with Crippen molar-refractivity contribution in [2.24, 2.45) is 0 Å².